The van der Waals surface area contributed by atoms with Crippen molar-refractivity contribution < 1.29 is 40.3 Å². The zero-order valence-electron chi connectivity index (χ0n) is 42.7. The summed E-state index contributed by atoms with van der Waals surface area (Å²) in [5, 5.41) is 0. The number of fused-ring (bicyclic) bond motifs is 1. The molecule has 0 amide bonds. The number of nitrogens with zero attached hydrogens (tertiary/aromatic N) is 1. The smallest absolute Gasteiger partial charge is 0.166 e. The van der Waals surface area contributed by atoms with E-state index in [4.69, 9.17) is 21.8 Å². The molecule has 4 rings (SSSR count). The fourth-order valence-electron chi connectivity index (χ4n) is 4.40. The lowest BCUT2D eigenvalue weighted by Gasteiger charge is -2.58. The molecule has 0 N–H and O–H groups in total. The number of rotatable bonds is 8. The summed E-state index contributed by atoms with van der Waals surface area (Å²) in [5.74, 6) is -9.39. The molecule has 1 fully saturated rings. The first-order chi connectivity index (χ1) is 25.0. The summed E-state index contributed by atoms with van der Waals surface area (Å²) in [6.45, 7) is 7.33. The van der Waals surface area contributed by atoms with Crippen LogP contribution in [0.25, 0.3) is 0 Å². The topological polar surface area (TPSA) is 38.8 Å². The predicted octanol–water partition coefficient (Wildman–Crippen LogP) is 8.46. The van der Waals surface area contributed by atoms with Crippen LogP contribution in [0.2, 0.25) is 0 Å². The Bertz CT molecular complexity index is 1990. The van der Waals surface area contributed by atoms with Crippen molar-refractivity contribution in [2.24, 2.45) is 16.7 Å². The van der Waals surface area contributed by atoms with Gasteiger partial charge < -0.3 is 9.47 Å². The molecule has 208 valence electrons. The van der Waals surface area contributed by atoms with Gasteiger partial charge >= 0.3 is 0 Å². The standard InChI is InChI=1S/C34H49NO3/c1-21(2)37-30-18-27-23(5)29(32(36)28(27)19-31(30)38-22(3)4)20-34(10)16-17-35(25(7)33(34,8)9)24(6)26-14-12-11-13-15-26/h11-15,18-19,21-25,29H,16-17,20H2,1-10H3/i11D,12D,13D,14D,15D,16D2,17D2,18D,19D,20D2,21D,22D,23D,24D,25D,29D. The average molecular weight is 539 g/mol. The second-order valence-corrected chi connectivity index (χ2v) is 10.6. The highest BCUT2D eigenvalue weighted by molar-refractivity contribution is 6.03. The van der Waals surface area contributed by atoms with Gasteiger partial charge in [0.2, 0.25) is 0 Å². The summed E-state index contributed by atoms with van der Waals surface area (Å²) >= 11 is 0. The van der Waals surface area contributed by atoms with Crippen molar-refractivity contribution in [3.05, 3.63) is 59.0 Å². The fraction of sp³-hybridized carbons (Fsp3) is 0.618. The van der Waals surface area contributed by atoms with Gasteiger partial charge in [-0.2, -0.15) is 0 Å². The molecule has 1 aliphatic carbocycles. The van der Waals surface area contributed by atoms with Gasteiger partial charge in [-0.3, -0.25) is 9.69 Å². The van der Waals surface area contributed by atoms with Gasteiger partial charge in [0.1, 0.15) is 0 Å². The third kappa shape index (κ3) is 5.13. The SMILES string of the molecule is [2H]c1c([2H])c([2H])c(C([2H])(C)N2C([2H])([2H])C([2H])([2H])C(C)(C([2H])([2H])C3([2H])C(=O)c4c([2H])c(OC([2H])(C)C)c(OC([2H])(C)C)c([2H])c4C3([2H])C)C(C)(C)C2([2H])C)c([2H])c1[2H]. The Morgan fingerprint density at radius 1 is 1.08 bits per heavy atom. The van der Waals surface area contributed by atoms with Gasteiger partial charge in [0.25, 0.3) is 0 Å². The molecule has 0 radical (unpaired) electrons. The van der Waals surface area contributed by atoms with Crippen molar-refractivity contribution >= 4 is 5.78 Å². The van der Waals surface area contributed by atoms with E-state index >= 15 is 0 Å². The van der Waals surface area contributed by atoms with E-state index in [0.717, 1.165) is 41.5 Å². The number of likely N-dealkylation sites (tertiary alicyclic amines) is 1. The Kier molecular flexibility index (Phi) is 3.62. The first-order valence-corrected chi connectivity index (χ1v) is 12.4. The highest BCUT2D eigenvalue weighted by Crippen LogP contribution is 2.57. The molecule has 2 aromatic carbocycles. The van der Waals surface area contributed by atoms with Crippen LogP contribution in [-0.2, 0) is 0 Å². The first kappa shape index (κ1) is 12.9. The maximum atomic E-state index is 14.8. The molecule has 0 bridgehead atoms. The molecular formula is C34H49NO3. The minimum absolute atomic E-state index is 0.350. The van der Waals surface area contributed by atoms with Crippen molar-refractivity contribution in [2.75, 3.05) is 6.50 Å². The van der Waals surface area contributed by atoms with E-state index in [1.165, 1.54) is 27.7 Å². The van der Waals surface area contributed by atoms with Crippen LogP contribution in [-0.4, -0.2) is 35.4 Å². The average Bonchev–Trinajstić information content (AvgIpc) is 3.18. The van der Waals surface area contributed by atoms with E-state index in [-0.39, 0.29) is 0 Å². The minimum Gasteiger partial charge on any atom is -0.487 e. The number of hydrogen-bond donors (Lipinski definition) is 0. The third-order valence-corrected chi connectivity index (χ3v) is 7.23. The zero-order valence-corrected chi connectivity index (χ0v) is 23.7. The van der Waals surface area contributed by atoms with Gasteiger partial charge in [-0.05, 0) is 101 Å². The molecule has 4 heteroatoms. The lowest BCUT2D eigenvalue weighted by molar-refractivity contribution is -0.0884. The van der Waals surface area contributed by atoms with Crippen LogP contribution in [0.5, 0.6) is 11.5 Å². The Morgan fingerprint density at radius 2 is 1.66 bits per heavy atom. The molecule has 2 aromatic rings. The number of ether oxygens (including phenoxy) is 2. The van der Waals surface area contributed by atoms with Crippen molar-refractivity contribution in [1.82, 2.24) is 4.90 Å². The highest BCUT2D eigenvalue weighted by atomic mass is 16.5. The Hall–Kier alpha value is -2.33. The number of carbonyl (C=O) groups is 1. The molecule has 1 heterocycles. The van der Waals surface area contributed by atoms with Gasteiger partial charge in [-0.25, -0.2) is 0 Å². The van der Waals surface area contributed by atoms with Crippen LogP contribution in [0.3, 0.4) is 0 Å². The molecule has 4 nitrogen and oxygen atoms in total. The van der Waals surface area contributed by atoms with Crippen LogP contribution in [0.15, 0.2) is 42.3 Å². The first-order valence-electron chi connectivity index (χ1n) is 21.9. The quantitative estimate of drug-likeness (QED) is 0.338. The normalized spacial score (nSPS) is 45.4. The summed E-state index contributed by atoms with van der Waals surface area (Å²) in [7, 11) is 0. The zero-order chi connectivity index (χ0) is 45.0. The highest BCUT2D eigenvalue weighted by Gasteiger charge is 2.53. The number of piperidine rings is 1. The van der Waals surface area contributed by atoms with Gasteiger partial charge in [-0.15, -0.1) is 0 Å². The molecular weight excluding hydrogens is 470 g/mol. The van der Waals surface area contributed by atoms with Crippen LogP contribution in [0.1, 0.15) is 141 Å². The summed E-state index contributed by atoms with van der Waals surface area (Å²) in [6.07, 6.45) is -11.1. The van der Waals surface area contributed by atoms with E-state index < -0.39 is 142 Å². The largest absolute Gasteiger partial charge is 0.487 e. The summed E-state index contributed by atoms with van der Waals surface area (Å²) < 4.78 is 184. The number of carbonyl (C=O) groups excluding carboxylic acids is 1. The van der Waals surface area contributed by atoms with Crippen LogP contribution >= 0.6 is 0 Å². The molecule has 38 heavy (non-hydrogen) atoms. The molecule has 0 aromatic heterocycles. The van der Waals surface area contributed by atoms with Crippen LogP contribution < -0.4 is 9.47 Å². The maximum Gasteiger partial charge on any atom is 0.166 e. The summed E-state index contributed by atoms with van der Waals surface area (Å²) in [4.78, 5) is 15.2. The minimum atomic E-state index is -3.75. The Morgan fingerprint density at radius 3 is 2.24 bits per heavy atom. The Labute approximate surface area is 257 Å². The second kappa shape index (κ2) is 10.7. The molecule has 0 spiro atoms. The lowest BCUT2D eigenvalue weighted by Crippen LogP contribution is -2.58. The van der Waals surface area contributed by atoms with E-state index in [0.29, 0.717) is 4.90 Å². The van der Waals surface area contributed by atoms with E-state index in [1.807, 2.05) is 0 Å². The van der Waals surface area contributed by atoms with Gasteiger partial charge in [0, 0.05) is 35.8 Å². The number of hydrogen-bond acceptors (Lipinski definition) is 4. The predicted molar refractivity (Wildman–Crippen MR) is 156 cm³/mol. The van der Waals surface area contributed by atoms with Gasteiger partial charge in [0.05, 0.1) is 25.9 Å². The maximum absolute atomic E-state index is 14.8. The summed E-state index contributed by atoms with van der Waals surface area (Å²) in [5.41, 5.74) is -7.77. The van der Waals surface area contributed by atoms with Crippen LogP contribution in [0.4, 0.5) is 0 Å². The number of ketones is 1. The molecule has 1 saturated heterocycles. The fourth-order valence-corrected chi connectivity index (χ4v) is 4.40. The van der Waals surface area contributed by atoms with Crippen LogP contribution in [0, 0.1) is 16.7 Å². The second-order valence-electron chi connectivity index (χ2n) is 10.6. The summed E-state index contributed by atoms with van der Waals surface area (Å²) in [6, 6.07) is -11.8. The number of benzene rings is 2. The van der Waals surface area contributed by atoms with E-state index in [2.05, 4.69) is 0 Å². The van der Waals surface area contributed by atoms with Crippen molar-refractivity contribution in [1.29, 1.82) is 0 Å². The Balaban J connectivity index is 2.12. The van der Waals surface area contributed by atoms with Crippen molar-refractivity contribution in [2.45, 2.75) is 112 Å². The molecule has 5 atom stereocenters. The van der Waals surface area contributed by atoms with Crippen molar-refractivity contribution in [3.63, 3.8) is 0 Å². The number of Topliss-reactive ketones (excluding diaryl/α,β-unsaturated/α-hetero) is 1. The lowest BCUT2D eigenvalue weighted by atomic mass is 9.55. The monoisotopic (exact) mass is 538 g/mol. The van der Waals surface area contributed by atoms with Gasteiger partial charge in [0.15, 0.2) is 17.3 Å². The van der Waals surface area contributed by atoms with Gasteiger partial charge in [-0.1, -0.05) is 57.9 Å². The molecule has 0 saturated carbocycles. The van der Waals surface area contributed by atoms with E-state index in [1.54, 1.807) is 0 Å². The third-order valence-electron chi connectivity index (χ3n) is 7.23. The molecule has 2 aliphatic rings. The van der Waals surface area contributed by atoms with Crippen molar-refractivity contribution in [3.8, 4) is 11.5 Å². The van der Waals surface area contributed by atoms with E-state index in [9.17, 15) is 18.5 Å². The molecule has 5 unspecified atom stereocenters. The molecule has 1 aliphatic heterocycles.